The van der Waals surface area contributed by atoms with Crippen molar-refractivity contribution >= 4 is 21.7 Å². The molecule has 0 fully saturated rings. The van der Waals surface area contributed by atoms with E-state index in [4.69, 9.17) is 9.97 Å². The van der Waals surface area contributed by atoms with E-state index in [1.807, 2.05) is 36.4 Å². The smallest absolute Gasteiger partial charge is 0.0900 e. The van der Waals surface area contributed by atoms with E-state index in [0.29, 0.717) is 0 Å². The van der Waals surface area contributed by atoms with Gasteiger partial charge in [0.05, 0.1) is 34.0 Å². The van der Waals surface area contributed by atoms with Crippen LogP contribution in [-0.2, 0) is 0 Å². The van der Waals surface area contributed by atoms with Crippen molar-refractivity contribution in [2.75, 3.05) is 0 Å². The Bertz CT molecular complexity index is 2210. The first-order valence-corrected chi connectivity index (χ1v) is 14.6. The second-order valence-corrected chi connectivity index (χ2v) is 10.7. The predicted molar refractivity (Wildman–Crippen MR) is 180 cm³/mol. The van der Waals surface area contributed by atoms with Crippen molar-refractivity contribution in [1.82, 2.24) is 19.9 Å². The average molecular weight is 563 g/mol. The molecule has 4 aromatic carbocycles. The fourth-order valence-corrected chi connectivity index (χ4v) is 5.85. The van der Waals surface area contributed by atoms with Crippen molar-refractivity contribution < 1.29 is 0 Å². The maximum Gasteiger partial charge on any atom is 0.0900 e. The van der Waals surface area contributed by atoms with E-state index in [1.165, 1.54) is 27.3 Å². The number of rotatable bonds is 5. The zero-order valence-corrected chi connectivity index (χ0v) is 23.8. The van der Waals surface area contributed by atoms with Gasteiger partial charge in [-0.2, -0.15) is 0 Å². The van der Waals surface area contributed by atoms with Gasteiger partial charge in [-0.1, -0.05) is 91.0 Å². The molecular weight excluding hydrogens is 536 g/mol. The second kappa shape index (κ2) is 11.0. The molecule has 0 saturated heterocycles. The van der Waals surface area contributed by atoms with Crippen LogP contribution in [0.25, 0.3) is 78.0 Å². The van der Waals surface area contributed by atoms with Crippen molar-refractivity contribution in [2.24, 2.45) is 0 Å². The zero-order valence-electron chi connectivity index (χ0n) is 23.8. The van der Waals surface area contributed by atoms with E-state index in [-0.39, 0.29) is 0 Å². The second-order valence-electron chi connectivity index (χ2n) is 10.7. The Balaban J connectivity index is 1.31. The number of fused-ring (bicyclic) bond motifs is 3. The quantitative estimate of drug-likeness (QED) is 0.196. The van der Waals surface area contributed by atoms with Crippen molar-refractivity contribution in [1.29, 1.82) is 0 Å². The molecule has 4 heteroatoms. The van der Waals surface area contributed by atoms with Crippen LogP contribution in [0.5, 0.6) is 0 Å². The van der Waals surface area contributed by atoms with Crippen LogP contribution in [0, 0.1) is 0 Å². The highest BCUT2D eigenvalue weighted by Crippen LogP contribution is 2.37. The summed E-state index contributed by atoms with van der Waals surface area (Å²) in [4.78, 5) is 19.3. The minimum atomic E-state index is 0.802. The Morgan fingerprint density at radius 1 is 0.364 bits per heavy atom. The molecule has 4 nitrogen and oxygen atoms in total. The van der Waals surface area contributed by atoms with Gasteiger partial charge in [0.15, 0.2) is 0 Å². The summed E-state index contributed by atoms with van der Waals surface area (Å²) in [6, 6.07) is 50.2. The van der Waals surface area contributed by atoms with Crippen LogP contribution in [0.4, 0.5) is 0 Å². The van der Waals surface area contributed by atoms with E-state index >= 15 is 0 Å². The molecule has 4 heterocycles. The van der Waals surface area contributed by atoms with Crippen molar-refractivity contribution in [3.8, 4) is 56.3 Å². The van der Waals surface area contributed by atoms with Gasteiger partial charge in [-0.3, -0.25) is 9.97 Å². The standard InChI is InChI=1S/C40H26N4/c1-2-11-27(12-3-1)33-26-37(43-36-20-19-28-13-4-5-16-32(28)40(33)36)30-15-10-14-29(23-30)31-24-38(34-17-6-8-21-41-34)44-39(25-31)35-18-7-9-22-42-35/h1-26H. The summed E-state index contributed by atoms with van der Waals surface area (Å²) in [6.07, 6.45) is 3.59. The largest absolute Gasteiger partial charge is 0.255 e. The summed E-state index contributed by atoms with van der Waals surface area (Å²) in [5.41, 5.74) is 10.6. The van der Waals surface area contributed by atoms with E-state index < -0.39 is 0 Å². The lowest BCUT2D eigenvalue weighted by atomic mass is 9.94. The van der Waals surface area contributed by atoms with Crippen LogP contribution in [0.3, 0.4) is 0 Å². The number of pyridine rings is 4. The van der Waals surface area contributed by atoms with Crippen molar-refractivity contribution in [3.63, 3.8) is 0 Å². The molecule has 0 unspecified atom stereocenters. The summed E-state index contributed by atoms with van der Waals surface area (Å²) in [7, 11) is 0. The Morgan fingerprint density at radius 2 is 1.02 bits per heavy atom. The average Bonchev–Trinajstić information content (AvgIpc) is 3.12. The molecule has 0 spiro atoms. The molecule has 0 aliphatic carbocycles. The first-order valence-electron chi connectivity index (χ1n) is 14.6. The van der Waals surface area contributed by atoms with Gasteiger partial charge < -0.3 is 0 Å². The molecule has 0 bridgehead atoms. The monoisotopic (exact) mass is 562 g/mol. The van der Waals surface area contributed by atoms with Crippen LogP contribution >= 0.6 is 0 Å². The molecule has 0 aliphatic heterocycles. The van der Waals surface area contributed by atoms with Gasteiger partial charge >= 0.3 is 0 Å². The van der Waals surface area contributed by atoms with Crippen LogP contribution in [0.1, 0.15) is 0 Å². The third-order valence-electron chi connectivity index (χ3n) is 7.95. The molecule has 206 valence electrons. The molecule has 4 aromatic heterocycles. The molecule has 0 N–H and O–H groups in total. The van der Waals surface area contributed by atoms with Crippen LogP contribution in [0.15, 0.2) is 158 Å². The molecule has 0 saturated carbocycles. The Labute approximate surface area is 255 Å². The summed E-state index contributed by atoms with van der Waals surface area (Å²) >= 11 is 0. The highest BCUT2D eigenvalue weighted by Gasteiger charge is 2.15. The number of aromatic nitrogens is 4. The predicted octanol–water partition coefficient (Wildman–Crippen LogP) is 9.91. The maximum atomic E-state index is 5.21. The lowest BCUT2D eigenvalue weighted by Crippen LogP contribution is -1.94. The molecule has 0 amide bonds. The first kappa shape index (κ1) is 25.7. The number of hydrogen-bond acceptors (Lipinski definition) is 4. The fourth-order valence-electron chi connectivity index (χ4n) is 5.85. The summed E-state index contributed by atoms with van der Waals surface area (Å²) < 4.78 is 0. The number of benzene rings is 4. The van der Waals surface area contributed by atoms with E-state index in [1.54, 1.807) is 12.4 Å². The maximum absolute atomic E-state index is 5.21. The molecule has 0 atom stereocenters. The molecule has 0 aliphatic rings. The summed E-state index contributed by atoms with van der Waals surface area (Å²) in [5.74, 6) is 0. The lowest BCUT2D eigenvalue weighted by molar-refractivity contribution is 1.22. The third-order valence-corrected chi connectivity index (χ3v) is 7.95. The molecule has 8 rings (SSSR count). The van der Waals surface area contributed by atoms with Gasteiger partial charge in [0.2, 0.25) is 0 Å². The zero-order chi connectivity index (χ0) is 29.3. The minimum Gasteiger partial charge on any atom is -0.255 e. The number of hydrogen-bond donors (Lipinski definition) is 0. The van der Waals surface area contributed by atoms with Gasteiger partial charge in [0, 0.05) is 23.3 Å². The van der Waals surface area contributed by atoms with Gasteiger partial charge in [-0.15, -0.1) is 0 Å². The number of nitrogens with zero attached hydrogens (tertiary/aromatic N) is 4. The van der Waals surface area contributed by atoms with E-state index in [0.717, 1.165) is 50.7 Å². The Kier molecular flexibility index (Phi) is 6.43. The van der Waals surface area contributed by atoms with E-state index in [2.05, 4.69) is 119 Å². The minimum absolute atomic E-state index is 0.802. The van der Waals surface area contributed by atoms with Gasteiger partial charge in [0.25, 0.3) is 0 Å². The van der Waals surface area contributed by atoms with Crippen LogP contribution in [0.2, 0.25) is 0 Å². The molecule has 0 radical (unpaired) electrons. The first-order chi connectivity index (χ1) is 21.8. The normalized spacial score (nSPS) is 11.2. The van der Waals surface area contributed by atoms with Crippen molar-refractivity contribution in [3.05, 3.63) is 158 Å². The fraction of sp³-hybridized carbons (Fsp3) is 0. The Morgan fingerprint density at radius 3 is 1.75 bits per heavy atom. The highest BCUT2D eigenvalue weighted by atomic mass is 14.8. The highest BCUT2D eigenvalue weighted by molar-refractivity contribution is 6.13. The van der Waals surface area contributed by atoms with Crippen LogP contribution in [-0.4, -0.2) is 19.9 Å². The van der Waals surface area contributed by atoms with Gasteiger partial charge in [-0.25, -0.2) is 9.97 Å². The topological polar surface area (TPSA) is 51.6 Å². The van der Waals surface area contributed by atoms with Crippen molar-refractivity contribution in [2.45, 2.75) is 0 Å². The molecular formula is C40H26N4. The summed E-state index contributed by atoms with van der Waals surface area (Å²) in [5, 5.41) is 3.58. The Hall–Kier alpha value is -6.00. The molecule has 8 aromatic rings. The van der Waals surface area contributed by atoms with Gasteiger partial charge in [-0.05, 0) is 87.6 Å². The van der Waals surface area contributed by atoms with Gasteiger partial charge in [0.1, 0.15) is 0 Å². The SMILES string of the molecule is c1ccc(-c2cc(-c3cccc(-c4cc(-c5ccccn5)nc(-c5ccccn5)c4)c3)nc3ccc4ccccc4c23)cc1. The summed E-state index contributed by atoms with van der Waals surface area (Å²) in [6.45, 7) is 0. The van der Waals surface area contributed by atoms with E-state index in [9.17, 15) is 0 Å². The molecule has 44 heavy (non-hydrogen) atoms. The third kappa shape index (κ3) is 4.79. The van der Waals surface area contributed by atoms with Crippen LogP contribution < -0.4 is 0 Å². The lowest BCUT2D eigenvalue weighted by Gasteiger charge is -2.14.